The molecule has 25 heavy (non-hydrogen) atoms. The maximum atomic E-state index is 6.15. The first-order valence-electron chi connectivity index (χ1n) is 8.24. The van der Waals surface area contributed by atoms with Crippen molar-refractivity contribution in [2.75, 3.05) is 5.73 Å². The zero-order valence-electron chi connectivity index (χ0n) is 13.5. The predicted molar refractivity (Wildman–Crippen MR) is 103 cm³/mol. The molecular formula is C22H15N3. The maximum absolute atomic E-state index is 6.15. The van der Waals surface area contributed by atoms with Gasteiger partial charge in [0, 0.05) is 16.8 Å². The van der Waals surface area contributed by atoms with E-state index in [4.69, 9.17) is 15.7 Å². The molecule has 1 aliphatic carbocycles. The molecule has 0 amide bonds. The van der Waals surface area contributed by atoms with Crippen LogP contribution in [0, 0.1) is 0 Å². The Bertz CT molecular complexity index is 1160. The van der Waals surface area contributed by atoms with Gasteiger partial charge in [0.25, 0.3) is 0 Å². The molecule has 0 saturated carbocycles. The van der Waals surface area contributed by atoms with Crippen LogP contribution in [0.3, 0.4) is 0 Å². The Morgan fingerprint density at radius 3 is 2.00 bits per heavy atom. The normalized spacial score (nSPS) is 13.8. The number of nitrogens with zero attached hydrogens (tertiary/aromatic N) is 2. The van der Waals surface area contributed by atoms with Crippen LogP contribution in [-0.2, 0) is 0 Å². The van der Waals surface area contributed by atoms with Crippen LogP contribution in [0.1, 0.15) is 16.8 Å². The second-order valence-electron chi connectivity index (χ2n) is 6.14. The van der Waals surface area contributed by atoms with Gasteiger partial charge in [-0.2, -0.15) is 0 Å². The first-order valence-corrected chi connectivity index (χ1v) is 8.24. The van der Waals surface area contributed by atoms with E-state index in [9.17, 15) is 0 Å². The van der Waals surface area contributed by atoms with Crippen molar-refractivity contribution in [3.05, 3.63) is 89.6 Å². The Morgan fingerprint density at radius 2 is 1.24 bits per heavy atom. The molecule has 1 heterocycles. The summed E-state index contributed by atoms with van der Waals surface area (Å²) in [5.41, 5.74) is 14.9. The quantitative estimate of drug-likeness (QED) is 0.452. The Hall–Kier alpha value is -3.46. The molecule has 1 aromatic heterocycles. The zero-order chi connectivity index (χ0) is 16.8. The van der Waals surface area contributed by atoms with Crippen molar-refractivity contribution in [2.24, 2.45) is 0 Å². The number of anilines is 1. The first-order chi connectivity index (χ1) is 12.3. The lowest BCUT2D eigenvalue weighted by Gasteiger charge is -2.05. The fourth-order valence-corrected chi connectivity index (χ4v) is 3.37. The highest BCUT2D eigenvalue weighted by Crippen LogP contribution is 2.43. The molecule has 0 aliphatic heterocycles. The van der Waals surface area contributed by atoms with Gasteiger partial charge >= 0.3 is 0 Å². The van der Waals surface area contributed by atoms with Gasteiger partial charge in [-0.25, -0.2) is 9.97 Å². The van der Waals surface area contributed by atoms with Gasteiger partial charge in [0.05, 0.1) is 22.4 Å². The molecule has 3 nitrogen and oxygen atoms in total. The van der Waals surface area contributed by atoms with Gasteiger partial charge in [0.2, 0.25) is 0 Å². The second-order valence-corrected chi connectivity index (χ2v) is 6.14. The van der Waals surface area contributed by atoms with Gasteiger partial charge in [-0.3, -0.25) is 0 Å². The third kappa shape index (κ3) is 2.13. The van der Waals surface area contributed by atoms with Crippen LogP contribution in [0.5, 0.6) is 0 Å². The Morgan fingerprint density at radius 1 is 0.640 bits per heavy atom. The van der Waals surface area contributed by atoms with E-state index in [1.165, 1.54) is 0 Å². The van der Waals surface area contributed by atoms with E-state index >= 15 is 0 Å². The molecule has 1 aliphatic rings. The minimum Gasteiger partial charge on any atom is -0.398 e. The molecular weight excluding hydrogens is 306 g/mol. The SMILES string of the molecule is Nc1ccccc1C=C1c2ccccc2-c2nc3ccccc3nc21. The van der Waals surface area contributed by atoms with Crippen molar-refractivity contribution in [1.29, 1.82) is 0 Å². The highest BCUT2D eigenvalue weighted by molar-refractivity contribution is 6.06. The summed E-state index contributed by atoms with van der Waals surface area (Å²) in [4.78, 5) is 9.78. The number of fused-ring (bicyclic) bond motifs is 4. The summed E-state index contributed by atoms with van der Waals surface area (Å²) in [6, 6.07) is 24.2. The van der Waals surface area contributed by atoms with Crippen LogP contribution in [0.4, 0.5) is 5.69 Å². The molecule has 0 radical (unpaired) electrons. The smallest absolute Gasteiger partial charge is 0.0979 e. The standard InChI is InChI=1S/C22H15N3/c23-18-10-4-1-7-14(18)13-17-15-8-2-3-9-16(15)21-22(17)25-20-12-6-5-11-19(20)24-21/h1-13H,23H2. The summed E-state index contributed by atoms with van der Waals surface area (Å²) >= 11 is 0. The third-order valence-electron chi connectivity index (χ3n) is 4.59. The van der Waals surface area contributed by atoms with Crippen molar-refractivity contribution in [2.45, 2.75) is 0 Å². The molecule has 2 N–H and O–H groups in total. The van der Waals surface area contributed by atoms with E-state index < -0.39 is 0 Å². The van der Waals surface area contributed by atoms with E-state index in [2.05, 4.69) is 18.2 Å². The zero-order valence-corrected chi connectivity index (χ0v) is 13.5. The van der Waals surface area contributed by atoms with Crippen molar-refractivity contribution >= 4 is 28.4 Å². The monoisotopic (exact) mass is 321 g/mol. The highest BCUT2D eigenvalue weighted by atomic mass is 14.8. The molecule has 0 atom stereocenters. The van der Waals surface area contributed by atoms with Gasteiger partial charge in [-0.15, -0.1) is 0 Å². The van der Waals surface area contributed by atoms with E-state index in [0.29, 0.717) is 0 Å². The molecule has 0 spiro atoms. The lowest BCUT2D eigenvalue weighted by molar-refractivity contribution is 1.28. The molecule has 0 bridgehead atoms. The molecule has 5 rings (SSSR count). The number of rotatable bonds is 1. The van der Waals surface area contributed by atoms with Crippen LogP contribution >= 0.6 is 0 Å². The van der Waals surface area contributed by atoms with Crippen molar-refractivity contribution in [3.63, 3.8) is 0 Å². The summed E-state index contributed by atoms with van der Waals surface area (Å²) in [5, 5.41) is 0. The van der Waals surface area contributed by atoms with E-state index in [1.807, 2.05) is 60.7 Å². The lowest BCUT2D eigenvalue weighted by Crippen LogP contribution is -1.93. The number of nitrogen functional groups attached to an aromatic ring is 1. The fourth-order valence-electron chi connectivity index (χ4n) is 3.37. The van der Waals surface area contributed by atoms with E-state index in [1.54, 1.807) is 0 Å². The topological polar surface area (TPSA) is 51.8 Å². The molecule has 4 aromatic rings. The van der Waals surface area contributed by atoms with Crippen molar-refractivity contribution in [3.8, 4) is 11.3 Å². The van der Waals surface area contributed by atoms with Gasteiger partial charge < -0.3 is 5.73 Å². The van der Waals surface area contributed by atoms with E-state index in [-0.39, 0.29) is 0 Å². The number of hydrogen-bond donors (Lipinski definition) is 1. The Kier molecular flexibility index (Phi) is 2.94. The van der Waals surface area contributed by atoms with Gasteiger partial charge in [0.1, 0.15) is 0 Å². The van der Waals surface area contributed by atoms with E-state index in [0.717, 1.165) is 50.4 Å². The third-order valence-corrected chi connectivity index (χ3v) is 4.59. The molecule has 3 heteroatoms. The van der Waals surface area contributed by atoms with Crippen LogP contribution in [-0.4, -0.2) is 9.97 Å². The Labute approximate surface area is 145 Å². The summed E-state index contributed by atoms with van der Waals surface area (Å²) < 4.78 is 0. The van der Waals surface area contributed by atoms with Crippen LogP contribution in [0.15, 0.2) is 72.8 Å². The molecule has 0 saturated heterocycles. The lowest BCUT2D eigenvalue weighted by atomic mass is 10.0. The Balaban J connectivity index is 1.84. The fraction of sp³-hybridized carbons (Fsp3) is 0. The van der Waals surface area contributed by atoms with Gasteiger partial charge in [-0.1, -0.05) is 54.6 Å². The molecule has 0 unspecified atom stereocenters. The summed E-state index contributed by atoms with van der Waals surface area (Å²) in [5.74, 6) is 0. The van der Waals surface area contributed by atoms with Crippen molar-refractivity contribution in [1.82, 2.24) is 9.97 Å². The summed E-state index contributed by atoms with van der Waals surface area (Å²) in [6.07, 6.45) is 2.11. The van der Waals surface area contributed by atoms with Gasteiger partial charge in [-0.05, 0) is 35.4 Å². The predicted octanol–water partition coefficient (Wildman–Crippen LogP) is 4.78. The van der Waals surface area contributed by atoms with Gasteiger partial charge in [0.15, 0.2) is 0 Å². The second kappa shape index (κ2) is 5.28. The van der Waals surface area contributed by atoms with Crippen LogP contribution in [0.2, 0.25) is 0 Å². The number of aromatic nitrogens is 2. The number of nitrogens with two attached hydrogens (primary N) is 1. The first kappa shape index (κ1) is 13.9. The number of benzene rings is 3. The largest absolute Gasteiger partial charge is 0.398 e. The summed E-state index contributed by atoms with van der Waals surface area (Å²) in [6.45, 7) is 0. The minimum atomic E-state index is 0.759. The summed E-state index contributed by atoms with van der Waals surface area (Å²) in [7, 11) is 0. The average Bonchev–Trinajstić information content (AvgIpc) is 2.95. The van der Waals surface area contributed by atoms with Crippen LogP contribution in [0.25, 0.3) is 33.9 Å². The highest BCUT2D eigenvalue weighted by Gasteiger charge is 2.26. The van der Waals surface area contributed by atoms with Crippen molar-refractivity contribution < 1.29 is 0 Å². The minimum absolute atomic E-state index is 0.759. The number of para-hydroxylation sites is 3. The average molecular weight is 321 g/mol. The number of hydrogen-bond acceptors (Lipinski definition) is 3. The molecule has 0 fully saturated rings. The molecule has 3 aromatic carbocycles. The molecule has 118 valence electrons. The van der Waals surface area contributed by atoms with Crippen LogP contribution < -0.4 is 5.73 Å². The maximum Gasteiger partial charge on any atom is 0.0979 e.